The number of hydrogen-bond donors (Lipinski definition) is 1. The van der Waals surface area contributed by atoms with E-state index < -0.39 is 0 Å². The van der Waals surface area contributed by atoms with Gasteiger partial charge in [0.15, 0.2) is 11.5 Å². The highest BCUT2D eigenvalue weighted by molar-refractivity contribution is 6.13. The Balaban J connectivity index is 1.09. The quantitative estimate of drug-likeness (QED) is 0.168. The number of carbonyl (C=O) groups excluding carboxylic acids is 2. The highest BCUT2D eigenvalue weighted by atomic mass is 16.7. The largest absolute Gasteiger partial charge is 0.508 e. The fourth-order valence-electron chi connectivity index (χ4n) is 8.49. The number of aryl methyl sites for hydroxylation is 1. The average Bonchev–Trinajstić information content (AvgIpc) is 3.94. The summed E-state index contributed by atoms with van der Waals surface area (Å²) < 4.78 is 21.2. The number of amides is 2. The third-order valence-corrected chi connectivity index (χ3v) is 11.8. The number of benzene rings is 3. The van der Waals surface area contributed by atoms with Crippen molar-refractivity contribution < 1.29 is 28.9 Å². The van der Waals surface area contributed by atoms with Crippen LogP contribution in [0.5, 0.6) is 17.2 Å². The van der Waals surface area contributed by atoms with Crippen molar-refractivity contribution in [2.24, 2.45) is 14.1 Å². The van der Waals surface area contributed by atoms with Crippen LogP contribution in [-0.4, -0.2) is 86.5 Å². The standard InChI is InChI=1S/C45H46N6O6/c1-29-37(45(54)51(33-10-12-36(52)13-11-33)35-22-31-14-16-47(2)43(31)46-26-35)23-40(48(29)3)38-24-41-42(57-28-56-41)25-39(38)44(53)50-27-32-8-5-4-7-30(32)21-34(50)9-6-15-49-17-19-55-20-18-49/h4-5,7-8,10-14,16,22-26,34,52H,6,9,15,17-21,27-28H2,1-3H3/t34-/m1/s1. The Bertz CT molecular complexity index is 2480. The Hall–Kier alpha value is -6.11. The van der Waals surface area contributed by atoms with Crippen molar-refractivity contribution in [2.45, 2.75) is 38.8 Å². The zero-order valence-corrected chi connectivity index (χ0v) is 32.5. The number of hydrogen-bond acceptors (Lipinski definition) is 8. The lowest BCUT2D eigenvalue weighted by Crippen LogP contribution is -2.45. The molecular weight excluding hydrogens is 721 g/mol. The van der Waals surface area contributed by atoms with Crippen LogP contribution >= 0.6 is 0 Å². The lowest BCUT2D eigenvalue weighted by molar-refractivity contribution is 0.0353. The molecule has 1 N–H and O–H groups in total. The lowest BCUT2D eigenvalue weighted by atomic mass is 9.90. The maximum absolute atomic E-state index is 15.1. The second-order valence-electron chi connectivity index (χ2n) is 15.2. The summed E-state index contributed by atoms with van der Waals surface area (Å²) in [5, 5.41) is 11.0. The summed E-state index contributed by atoms with van der Waals surface area (Å²) in [7, 11) is 3.84. The van der Waals surface area contributed by atoms with Gasteiger partial charge in [-0.2, -0.15) is 0 Å². The summed E-state index contributed by atoms with van der Waals surface area (Å²) in [6.07, 6.45) is 6.24. The van der Waals surface area contributed by atoms with Crippen LogP contribution in [0, 0.1) is 6.92 Å². The fourth-order valence-corrected chi connectivity index (χ4v) is 8.49. The predicted octanol–water partition coefficient (Wildman–Crippen LogP) is 6.98. The van der Waals surface area contributed by atoms with E-state index in [0.717, 1.165) is 74.4 Å². The minimum atomic E-state index is -0.279. The molecule has 0 aliphatic carbocycles. The first-order valence-electron chi connectivity index (χ1n) is 19.6. The van der Waals surface area contributed by atoms with E-state index in [1.54, 1.807) is 41.4 Å². The molecule has 292 valence electrons. The van der Waals surface area contributed by atoms with Crippen molar-refractivity contribution in [3.63, 3.8) is 0 Å². The smallest absolute Gasteiger partial charge is 0.264 e. The number of anilines is 2. The number of pyridine rings is 1. The molecular formula is C45H46N6O6. The molecule has 1 atom stereocenters. The topological polar surface area (TPSA) is 115 Å². The van der Waals surface area contributed by atoms with Gasteiger partial charge in [0, 0.05) is 74.0 Å². The normalized spacial score (nSPS) is 16.5. The average molecular weight is 767 g/mol. The predicted molar refractivity (Wildman–Crippen MR) is 217 cm³/mol. The van der Waals surface area contributed by atoms with Gasteiger partial charge in [0.05, 0.1) is 36.2 Å². The number of ether oxygens (including phenoxy) is 3. The minimum absolute atomic E-state index is 0.00781. The molecule has 3 aliphatic rings. The zero-order chi connectivity index (χ0) is 39.2. The van der Waals surface area contributed by atoms with Crippen LogP contribution < -0.4 is 14.4 Å². The second-order valence-corrected chi connectivity index (χ2v) is 15.2. The Morgan fingerprint density at radius 2 is 1.65 bits per heavy atom. The van der Waals surface area contributed by atoms with Crippen molar-refractivity contribution in [3.8, 4) is 28.5 Å². The third kappa shape index (κ3) is 6.89. The molecule has 0 saturated carbocycles. The summed E-state index contributed by atoms with van der Waals surface area (Å²) in [5.74, 6) is 0.797. The third-order valence-electron chi connectivity index (χ3n) is 11.8. The van der Waals surface area contributed by atoms with Gasteiger partial charge in [-0.05, 0) is 98.5 Å². The lowest BCUT2D eigenvalue weighted by Gasteiger charge is -2.38. The molecule has 6 aromatic rings. The van der Waals surface area contributed by atoms with Crippen molar-refractivity contribution in [1.82, 2.24) is 23.9 Å². The first-order valence-corrected chi connectivity index (χ1v) is 19.6. The summed E-state index contributed by atoms with van der Waals surface area (Å²) in [5.41, 5.74) is 7.40. The molecule has 3 aromatic carbocycles. The molecule has 57 heavy (non-hydrogen) atoms. The number of morpholine rings is 1. The van der Waals surface area contributed by atoms with Gasteiger partial charge >= 0.3 is 0 Å². The molecule has 12 nitrogen and oxygen atoms in total. The molecule has 1 saturated heterocycles. The Labute approximate surface area is 331 Å². The minimum Gasteiger partial charge on any atom is -0.508 e. The first kappa shape index (κ1) is 36.5. The van der Waals surface area contributed by atoms with E-state index in [1.165, 1.54) is 5.56 Å². The molecule has 0 radical (unpaired) electrons. The number of rotatable bonds is 9. The molecule has 0 unspecified atom stereocenters. The van der Waals surface area contributed by atoms with Crippen LogP contribution in [-0.2, 0) is 31.8 Å². The number of carbonyl (C=O) groups is 2. The number of fused-ring (bicyclic) bond motifs is 3. The molecule has 3 aliphatic heterocycles. The first-order chi connectivity index (χ1) is 27.7. The number of phenolic OH excluding ortho intramolecular Hbond substituents is 1. The van der Waals surface area contributed by atoms with E-state index >= 15 is 4.79 Å². The van der Waals surface area contributed by atoms with Crippen molar-refractivity contribution in [2.75, 3.05) is 44.5 Å². The van der Waals surface area contributed by atoms with Gasteiger partial charge in [-0.1, -0.05) is 24.3 Å². The highest BCUT2D eigenvalue weighted by Crippen LogP contribution is 2.42. The van der Waals surface area contributed by atoms with E-state index in [4.69, 9.17) is 14.2 Å². The Morgan fingerprint density at radius 3 is 2.44 bits per heavy atom. The highest BCUT2D eigenvalue weighted by Gasteiger charge is 2.34. The Morgan fingerprint density at radius 1 is 0.895 bits per heavy atom. The van der Waals surface area contributed by atoms with Crippen LogP contribution in [0.2, 0.25) is 0 Å². The summed E-state index contributed by atoms with van der Waals surface area (Å²) in [4.78, 5) is 40.8. The van der Waals surface area contributed by atoms with Gasteiger partial charge in [0.2, 0.25) is 6.79 Å². The van der Waals surface area contributed by atoms with Crippen molar-refractivity contribution >= 4 is 34.2 Å². The number of aromatic hydroxyl groups is 1. The van der Waals surface area contributed by atoms with E-state index in [2.05, 4.69) is 28.1 Å². The Kier molecular flexibility index (Phi) is 9.67. The van der Waals surface area contributed by atoms with Crippen LogP contribution in [0.4, 0.5) is 11.4 Å². The zero-order valence-electron chi connectivity index (χ0n) is 32.5. The van der Waals surface area contributed by atoms with E-state index in [1.807, 2.05) is 71.6 Å². The molecule has 0 bridgehead atoms. The van der Waals surface area contributed by atoms with E-state index in [9.17, 15) is 9.90 Å². The molecule has 6 heterocycles. The van der Waals surface area contributed by atoms with Crippen LogP contribution in [0.15, 0.2) is 91.3 Å². The number of phenols is 1. The van der Waals surface area contributed by atoms with Crippen molar-refractivity contribution in [3.05, 3.63) is 119 Å². The number of aromatic nitrogens is 3. The second kappa shape index (κ2) is 15.1. The number of nitrogens with zero attached hydrogens (tertiary/aromatic N) is 6. The van der Waals surface area contributed by atoms with Crippen LogP contribution in [0.25, 0.3) is 22.3 Å². The summed E-state index contributed by atoms with van der Waals surface area (Å²) >= 11 is 0. The van der Waals surface area contributed by atoms with Crippen LogP contribution in [0.3, 0.4) is 0 Å². The van der Waals surface area contributed by atoms with Crippen LogP contribution in [0.1, 0.15) is 50.4 Å². The monoisotopic (exact) mass is 766 g/mol. The van der Waals surface area contributed by atoms with Gasteiger partial charge in [0.25, 0.3) is 11.8 Å². The molecule has 3 aromatic heterocycles. The maximum Gasteiger partial charge on any atom is 0.264 e. The van der Waals surface area contributed by atoms with E-state index in [0.29, 0.717) is 51.8 Å². The molecule has 2 amide bonds. The fraction of sp³-hybridized carbons (Fsp3) is 0.311. The van der Waals surface area contributed by atoms with Gasteiger partial charge in [-0.15, -0.1) is 0 Å². The summed E-state index contributed by atoms with van der Waals surface area (Å²) in [6.45, 7) is 6.82. The molecule has 9 rings (SSSR count). The van der Waals surface area contributed by atoms with E-state index in [-0.39, 0.29) is 30.4 Å². The SMILES string of the molecule is Cc1c(C(=O)N(c2ccc(O)cc2)c2cnc3c(ccn3C)c2)cc(-c2cc3c(cc2C(=O)N2Cc4ccccc4C[C@H]2CCCN2CCOCC2)OCO3)n1C. The van der Waals surface area contributed by atoms with Gasteiger partial charge in [-0.3, -0.25) is 19.4 Å². The summed E-state index contributed by atoms with van der Waals surface area (Å²) in [6, 6.07) is 24.4. The van der Waals surface area contributed by atoms with Gasteiger partial charge in [-0.25, -0.2) is 4.98 Å². The molecule has 1 fully saturated rings. The van der Waals surface area contributed by atoms with Crippen molar-refractivity contribution in [1.29, 1.82) is 0 Å². The molecule has 12 heteroatoms. The maximum atomic E-state index is 15.1. The molecule has 0 spiro atoms. The van der Waals surface area contributed by atoms with Gasteiger partial charge < -0.3 is 33.4 Å². The van der Waals surface area contributed by atoms with Gasteiger partial charge in [0.1, 0.15) is 11.4 Å².